The van der Waals surface area contributed by atoms with Crippen LogP contribution in [0.25, 0.3) is 66.4 Å². The number of hydrogen-bond donors (Lipinski definition) is 0. The normalized spacial score (nSPS) is 13.1. The minimum atomic E-state index is -0.450. The maximum Gasteiger partial charge on any atom is 0.143 e. The molecule has 2 heterocycles. The van der Waals surface area contributed by atoms with Gasteiger partial charge in [-0.25, -0.2) is 0 Å². The molecule has 13 rings (SSSR count). The van der Waals surface area contributed by atoms with E-state index in [2.05, 4.69) is 241 Å². The van der Waals surface area contributed by atoms with Crippen LogP contribution >= 0.6 is 11.8 Å². The van der Waals surface area contributed by atoms with Crippen molar-refractivity contribution in [2.45, 2.75) is 15.2 Å². The van der Waals surface area contributed by atoms with E-state index in [1.165, 1.54) is 59.9 Å². The first kappa shape index (κ1) is 36.8. The van der Waals surface area contributed by atoms with Gasteiger partial charge in [0.1, 0.15) is 11.2 Å². The van der Waals surface area contributed by atoms with Crippen LogP contribution in [0.4, 0.5) is 17.1 Å². The van der Waals surface area contributed by atoms with Gasteiger partial charge in [0.2, 0.25) is 0 Å². The largest absolute Gasteiger partial charge is 0.455 e. The quantitative estimate of drug-likeness (QED) is 0.166. The Morgan fingerprint density at radius 3 is 1.64 bits per heavy atom. The molecule has 0 N–H and O–H groups in total. The highest BCUT2D eigenvalue weighted by Crippen LogP contribution is 2.62. The predicted molar refractivity (Wildman–Crippen MR) is 266 cm³/mol. The summed E-state index contributed by atoms with van der Waals surface area (Å²) in [5.41, 5.74) is 19.3. The van der Waals surface area contributed by atoms with E-state index < -0.39 is 5.41 Å². The summed E-state index contributed by atoms with van der Waals surface area (Å²) in [4.78, 5) is 4.97. The molecule has 0 saturated carbocycles. The number of hydrogen-bond acceptors (Lipinski definition) is 3. The second-order valence-corrected chi connectivity index (χ2v) is 17.9. The highest BCUT2D eigenvalue weighted by atomic mass is 32.2. The molecule has 10 aromatic carbocycles. The zero-order valence-corrected chi connectivity index (χ0v) is 35.6. The third-order valence-electron chi connectivity index (χ3n) is 13.3. The summed E-state index contributed by atoms with van der Waals surface area (Å²) in [5.74, 6) is 0. The number of furan rings is 1. The number of rotatable bonds is 6. The maximum absolute atomic E-state index is 6.77. The van der Waals surface area contributed by atoms with Crippen LogP contribution in [0.2, 0.25) is 0 Å². The Labute approximate surface area is 376 Å². The molecule has 0 radical (unpaired) electrons. The molecule has 1 aromatic heterocycles. The van der Waals surface area contributed by atoms with Crippen molar-refractivity contribution in [2.75, 3.05) is 4.90 Å². The van der Waals surface area contributed by atoms with E-state index in [9.17, 15) is 0 Å². The Morgan fingerprint density at radius 2 is 0.891 bits per heavy atom. The molecule has 3 heteroatoms. The fraction of sp³-hybridized carbons (Fsp3) is 0.0164. The maximum atomic E-state index is 6.77. The van der Waals surface area contributed by atoms with Crippen molar-refractivity contribution in [2.24, 2.45) is 0 Å². The Balaban J connectivity index is 1.06. The first-order valence-corrected chi connectivity index (χ1v) is 22.7. The lowest BCUT2D eigenvalue weighted by atomic mass is 9.67. The molecular weight excluding hydrogens is 795 g/mol. The van der Waals surface area contributed by atoms with Crippen molar-refractivity contribution in [3.63, 3.8) is 0 Å². The van der Waals surface area contributed by atoms with Crippen molar-refractivity contribution in [1.82, 2.24) is 0 Å². The first-order valence-electron chi connectivity index (χ1n) is 21.9. The lowest BCUT2D eigenvalue weighted by Gasteiger charge is -2.40. The van der Waals surface area contributed by atoms with Gasteiger partial charge in [0.15, 0.2) is 0 Å². The van der Waals surface area contributed by atoms with Gasteiger partial charge in [0.25, 0.3) is 0 Å². The highest BCUT2D eigenvalue weighted by molar-refractivity contribution is 7.99. The Kier molecular flexibility index (Phi) is 8.40. The average molecular weight is 834 g/mol. The van der Waals surface area contributed by atoms with Gasteiger partial charge in [0, 0.05) is 43.2 Å². The summed E-state index contributed by atoms with van der Waals surface area (Å²) < 4.78 is 6.77. The molecule has 0 atom stereocenters. The third kappa shape index (κ3) is 5.61. The van der Waals surface area contributed by atoms with Crippen LogP contribution in [-0.4, -0.2) is 0 Å². The van der Waals surface area contributed by atoms with Gasteiger partial charge >= 0.3 is 0 Å². The fourth-order valence-electron chi connectivity index (χ4n) is 10.5. The van der Waals surface area contributed by atoms with E-state index in [4.69, 9.17) is 4.42 Å². The molecule has 1 spiro atoms. The Bertz CT molecular complexity index is 3540. The standard InChI is InChI=1S/C61H39NOS/c1-3-16-40(17-4-1)42-30-32-43(33-31-42)51-37-47(38-52-50-24-9-13-28-57(50)63-60(51)52)62(45-21-15-20-44(36-45)41-18-5-2-6-19-41)46-34-35-56-59(39-46)64-58-29-14-12-27-55(58)61(56)53-25-10-7-22-48(53)49-23-8-11-26-54(49)61/h1-39H. The summed E-state index contributed by atoms with van der Waals surface area (Å²) in [6.45, 7) is 0. The van der Waals surface area contributed by atoms with Crippen LogP contribution in [-0.2, 0) is 5.41 Å². The van der Waals surface area contributed by atoms with Crippen molar-refractivity contribution >= 4 is 50.8 Å². The Morgan fingerprint density at radius 1 is 0.328 bits per heavy atom. The molecule has 300 valence electrons. The predicted octanol–water partition coefficient (Wildman–Crippen LogP) is 16.9. The second-order valence-electron chi connectivity index (χ2n) is 16.8. The minimum Gasteiger partial charge on any atom is -0.455 e. The number of nitrogens with zero attached hydrogens (tertiary/aromatic N) is 1. The lowest BCUT2D eigenvalue weighted by molar-refractivity contribution is 0.670. The van der Waals surface area contributed by atoms with Crippen molar-refractivity contribution in [1.29, 1.82) is 0 Å². The number of benzene rings is 10. The van der Waals surface area contributed by atoms with Gasteiger partial charge in [-0.05, 0) is 110 Å². The SMILES string of the molecule is c1ccc(-c2ccc(-c3cc(N(c4cccc(-c5ccccc5)c4)c4ccc5c(c4)Sc4ccccc4C54c5ccccc5-c5ccccc54)cc4c3oc3ccccc34)cc2)cc1. The fourth-order valence-corrected chi connectivity index (χ4v) is 11.7. The van der Waals surface area contributed by atoms with E-state index in [1.54, 1.807) is 0 Å². The number of fused-ring (bicyclic) bond motifs is 12. The second kappa shape index (κ2) is 14.6. The summed E-state index contributed by atoms with van der Waals surface area (Å²) in [6.07, 6.45) is 0. The van der Waals surface area contributed by atoms with Gasteiger partial charge in [-0.1, -0.05) is 200 Å². The van der Waals surface area contributed by atoms with Gasteiger partial charge in [0.05, 0.1) is 5.41 Å². The van der Waals surface area contributed by atoms with Crippen molar-refractivity contribution in [3.8, 4) is 44.5 Å². The van der Waals surface area contributed by atoms with Gasteiger partial charge in [-0.3, -0.25) is 0 Å². The van der Waals surface area contributed by atoms with Crippen LogP contribution < -0.4 is 4.90 Å². The average Bonchev–Trinajstić information content (AvgIpc) is 3.89. The molecular formula is C61H39NOS. The summed E-state index contributed by atoms with van der Waals surface area (Å²) in [7, 11) is 0. The zero-order valence-electron chi connectivity index (χ0n) is 34.8. The van der Waals surface area contributed by atoms with E-state index in [0.717, 1.165) is 55.7 Å². The molecule has 0 amide bonds. The summed E-state index contributed by atoms with van der Waals surface area (Å²) in [6, 6.07) is 86.5. The monoisotopic (exact) mass is 833 g/mol. The summed E-state index contributed by atoms with van der Waals surface area (Å²) in [5, 5.41) is 2.18. The van der Waals surface area contributed by atoms with E-state index in [-0.39, 0.29) is 0 Å². The molecule has 0 saturated heterocycles. The van der Waals surface area contributed by atoms with Crippen LogP contribution in [0.1, 0.15) is 22.3 Å². The minimum absolute atomic E-state index is 0.450. The highest BCUT2D eigenvalue weighted by Gasteiger charge is 2.50. The third-order valence-corrected chi connectivity index (χ3v) is 14.5. The molecule has 1 aliphatic carbocycles. The smallest absolute Gasteiger partial charge is 0.143 e. The molecule has 0 bridgehead atoms. The van der Waals surface area contributed by atoms with E-state index in [1.807, 2.05) is 11.8 Å². The topological polar surface area (TPSA) is 16.4 Å². The van der Waals surface area contributed by atoms with E-state index >= 15 is 0 Å². The molecule has 2 aliphatic rings. The van der Waals surface area contributed by atoms with Crippen LogP contribution in [0, 0.1) is 0 Å². The Hall–Kier alpha value is -7.85. The molecule has 1 aliphatic heterocycles. The number of anilines is 3. The molecule has 0 unspecified atom stereocenters. The molecule has 11 aromatic rings. The van der Waals surface area contributed by atoms with Gasteiger partial charge in [-0.15, -0.1) is 0 Å². The van der Waals surface area contributed by atoms with Crippen LogP contribution in [0.3, 0.4) is 0 Å². The van der Waals surface area contributed by atoms with Crippen LogP contribution in [0.5, 0.6) is 0 Å². The van der Waals surface area contributed by atoms with Crippen LogP contribution in [0.15, 0.2) is 251 Å². The lowest BCUT2D eigenvalue weighted by Crippen LogP contribution is -2.32. The van der Waals surface area contributed by atoms with Crippen molar-refractivity contribution in [3.05, 3.63) is 259 Å². The van der Waals surface area contributed by atoms with E-state index in [0.29, 0.717) is 0 Å². The van der Waals surface area contributed by atoms with Gasteiger partial charge in [-0.2, -0.15) is 0 Å². The summed E-state index contributed by atoms with van der Waals surface area (Å²) >= 11 is 1.88. The molecule has 64 heavy (non-hydrogen) atoms. The van der Waals surface area contributed by atoms with Crippen molar-refractivity contribution < 1.29 is 4.42 Å². The zero-order chi connectivity index (χ0) is 42.2. The number of para-hydroxylation sites is 1. The molecule has 2 nitrogen and oxygen atoms in total. The first-order chi connectivity index (χ1) is 31.7. The molecule has 0 fully saturated rings. The van der Waals surface area contributed by atoms with Gasteiger partial charge < -0.3 is 9.32 Å².